The Morgan fingerprint density at radius 3 is 2.30 bits per heavy atom. The number of ether oxygens (including phenoxy) is 1. The number of carbonyl (C=O) groups excluding carboxylic acids is 1. The summed E-state index contributed by atoms with van der Waals surface area (Å²) in [5, 5.41) is 3.05. The number of halogens is 1. The molecule has 1 N–H and O–H groups in total. The molecule has 1 saturated heterocycles. The van der Waals surface area contributed by atoms with Crippen LogP contribution in [0.1, 0.15) is 36.9 Å². The lowest BCUT2D eigenvalue weighted by molar-refractivity contribution is -0.126. The second-order valence-corrected chi connectivity index (χ2v) is 10.4. The highest BCUT2D eigenvalue weighted by atomic mass is 79.9. The molecule has 1 fully saturated rings. The van der Waals surface area contributed by atoms with Crippen LogP contribution in [-0.2, 0) is 20.6 Å². The maximum atomic E-state index is 12.7. The number of nitrogens with zero attached hydrogens (tertiary/aromatic N) is 1. The van der Waals surface area contributed by atoms with Crippen molar-refractivity contribution in [2.24, 2.45) is 5.92 Å². The number of hydrogen-bond acceptors (Lipinski definition) is 4. The first-order chi connectivity index (χ1) is 14.3. The van der Waals surface area contributed by atoms with Crippen molar-refractivity contribution in [2.75, 3.05) is 20.2 Å². The molecular weight excluding hydrogens is 468 g/mol. The van der Waals surface area contributed by atoms with E-state index in [0.29, 0.717) is 25.9 Å². The van der Waals surface area contributed by atoms with E-state index in [2.05, 4.69) is 21.2 Å². The molecule has 0 bridgehead atoms. The van der Waals surface area contributed by atoms with E-state index in [1.807, 2.05) is 55.5 Å². The third kappa shape index (κ3) is 5.83. The minimum Gasteiger partial charge on any atom is -0.497 e. The number of methoxy groups -OCH3 is 1. The summed E-state index contributed by atoms with van der Waals surface area (Å²) in [6, 6.07) is 14.8. The Morgan fingerprint density at radius 2 is 1.73 bits per heavy atom. The summed E-state index contributed by atoms with van der Waals surface area (Å²) in [5.74, 6) is 0.549. The van der Waals surface area contributed by atoms with Gasteiger partial charge in [0, 0.05) is 23.5 Å². The van der Waals surface area contributed by atoms with E-state index in [4.69, 9.17) is 4.74 Å². The van der Waals surface area contributed by atoms with Crippen molar-refractivity contribution in [1.82, 2.24) is 9.62 Å². The van der Waals surface area contributed by atoms with Gasteiger partial charge in [-0.2, -0.15) is 0 Å². The van der Waals surface area contributed by atoms with Crippen molar-refractivity contribution < 1.29 is 17.9 Å². The maximum Gasteiger partial charge on any atom is 0.223 e. The van der Waals surface area contributed by atoms with Gasteiger partial charge in [0.1, 0.15) is 5.75 Å². The molecule has 0 aromatic heterocycles. The fourth-order valence-electron chi connectivity index (χ4n) is 3.59. The van der Waals surface area contributed by atoms with Gasteiger partial charge >= 0.3 is 0 Å². The second-order valence-electron chi connectivity index (χ2n) is 7.56. The van der Waals surface area contributed by atoms with Crippen LogP contribution < -0.4 is 10.1 Å². The standard InChI is InChI=1S/C22H27BrN2O4S/c1-16(18-5-9-21(29-2)10-6-18)24-22(26)19-11-13-25(14-12-19)30(27,28)15-17-3-7-20(23)8-4-17/h3-10,16,19H,11-15H2,1-2H3,(H,24,26). The summed E-state index contributed by atoms with van der Waals surface area (Å²) in [5.41, 5.74) is 1.75. The maximum absolute atomic E-state index is 12.7. The molecule has 0 radical (unpaired) electrons. The SMILES string of the molecule is COc1ccc(C(C)NC(=O)C2CCN(S(=O)(=O)Cc3ccc(Br)cc3)CC2)cc1. The molecule has 8 heteroatoms. The second kappa shape index (κ2) is 9.94. The van der Waals surface area contributed by atoms with Crippen molar-refractivity contribution in [3.63, 3.8) is 0 Å². The van der Waals surface area contributed by atoms with E-state index in [9.17, 15) is 13.2 Å². The molecule has 30 heavy (non-hydrogen) atoms. The first-order valence-electron chi connectivity index (χ1n) is 9.95. The normalized spacial score (nSPS) is 16.8. The van der Waals surface area contributed by atoms with Crippen molar-refractivity contribution >= 4 is 31.9 Å². The summed E-state index contributed by atoms with van der Waals surface area (Å²) in [4.78, 5) is 12.7. The summed E-state index contributed by atoms with van der Waals surface area (Å²) < 4.78 is 33.1. The fraction of sp³-hybridized carbons (Fsp3) is 0.409. The minimum atomic E-state index is -3.40. The predicted octanol–water partition coefficient (Wildman–Crippen LogP) is 3.88. The van der Waals surface area contributed by atoms with Crippen LogP contribution in [-0.4, -0.2) is 38.8 Å². The Morgan fingerprint density at radius 1 is 1.13 bits per heavy atom. The third-order valence-corrected chi connectivity index (χ3v) is 7.83. The van der Waals surface area contributed by atoms with Gasteiger partial charge in [0.25, 0.3) is 0 Å². The molecule has 0 saturated carbocycles. The highest BCUT2D eigenvalue weighted by molar-refractivity contribution is 9.10. The van der Waals surface area contributed by atoms with Gasteiger partial charge < -0.3 is 10.1 Å². The quantitative estimate of drug-likeness (QED) is 0.633. The van der Waals surface area contributed by atoms with E-state index >= 15 is 0 Å². The Kier molecular flexibility index (Phi) is 7.55. The van der Waals surface area contributed by atoms with Crippen molar-refractivity contribution in [2.45, 2.75) is 31.6 Å². The number of sulfonamides is 1. The zero-order valence-corrected chi connectivity index (χ0v) is 19.6. The molecule has 1 atom stereocenters. The van der Waals surface area contributed by atoms with Crippen LogP contribution in [0.2, 0.25) is 0 Å². The predicted molar refractivity (Wildman–Crippen MR) is 121 cm³/mol. The average Bonchev–Trinajstić information content (AvgIpc) is 2.75. The first-order valence-corrected chi connectivity index (χ1v) is 12.4. The van der Waals surface area contributed by atoms with Crippen molar-refractivity contribution in [3.8, 4) is 5.75 Å². The van der Waals surface area contributed by atoms with Crippen LogP contribution in [0.5, 0.6) is 5.75 Å². The number of piperidine rings is 1. The number of rotatable bonds is 7. The van der Waals surface area contributed by atoms with Crippen molar-refractivity contribution in [3.05, 3.63) is 64.1 Å². The molecule has 1 unspecified atom stereocenters. The molecule has 6 nitrogen and oxygen atoms in total. The third-order valence-electron chi connectivity index (χ3n) is 5.45. The average molecular weight is 495 g/mol. The lowest BCUT2D eigenvalue weighted by Gasteiger charge is -2.31. The van der Waals surface area contributed by atoms with E-state index < -0.39 is 10.0 Å². The van der Waals surface area contributed by atoms with E-state index in [1.165, 1.54) is 4.31 Å². The molecule has 1 amide bonds. The molecular formula is C22H27BrN2O4S. The highest BCUT2D eigenvalue weighted by Crippen LogP contribution is 2.24. The Hall–Kier alpha value is -1.90. The largest absolute Gasteiger partial charge is 0.497 e. The molecule has 1 heterocycles. The van der Waals surface area contributed by atoms with Gasteiger partial charge in [0.15, 0.2) is 0 Å². The van der Waals surface area contributed by atoms with E-state index in [0.717, 1.165) is 21.3 Å². The molecule has 1 aliphatic heterocycles. The van der Waals surface area contributed by atoms with Gasteiger partial charge in [-0.3, -0.25) is 4.79 Å². The zero-order chi connectivity index (χ0) is 21.7. The number of benzene rings is 2. The lowest BCUT2D eigenvalue weighted by atomic mass is 9.96. The van der Waals surface area contributed by atoms with Crippen molar-refractivity contribution in [1.29, 1.82) is 0 Å². The van der Waals surface area contributed by atoms with Crippen LogP contribution in [0.4, 0.5) is 0 Å². The van der Waals surface area contributed by atoms with E-state index in [1.54, 1.807) is 7.11 Å². The van der Waals surface area contributed by atoms with Gasteiger partial charge in [-0.05, 0) is 55.2 Å². The molecule has 0 aliphatic carbocycles. The first kappa shape index (κ1) is 22.8. The number of nitrogens with one attached hydrogen (secondary N) is 1. The topological polar surface area (TPSA) is 75.7 Å². The van der Waals surface area contributed by atoms with Gasteiger partial charge in [-0.15, -0.1) is 0 Å². The molecule has 0 spiro atoms. The Balaban J connectivity index is 1.52. The summed E-state index contributed by atoms with van der Waals surface area (Å²) >= 11 is 3.36. The molecule has 162 valence electrons. The van der Waals surface area contributed by atoms with Crippen LogP contribution in [0.25, 0.3) is 0 Å². The number of amides is 1. The number of carbonyl (C=O) groups is 1. The van der Waals surface area contributed by atoms with E-state index in [-0.39, 0.29) is 23.6 Å². The fourth-order valence-corrected chi connectivity index (χ4v) is 5.41. The van der Waals surface area contributed by atoms with Gasteiger partial charge in [-0.25, -0.2) is 12.7 Å². The molecule has 1 aliphatic rings. The summed E-state index contributed by atoms with van der Waals surface area (Å²) in [6.07, 6.45) is 1.06. The number of hydrogen-bond donors (Lipinski definition) is 1. The summed E-state index contributed by atoms with van der Waals surface area (Å²) in [6.45, 7) is 2.68. The minimum absolute atomic E-state index is 0.0222. The lowest BCUT2D eigenvalue weighted by Crippen LogP contribution is -2.43. The molecule has 3 rings (SSSR count). The van der Waals surface area contributed by atoms with Gasteiger partial charge in [0.05, 0.1) is 18.9 Å². The van der Waals surface area contributed by atoms with Crippen LogP contribution in [0.15, 0.2) is 53.0 Å². The van der Waals surface area contributed by atoms with Crippen LogP contribution in [0, 0.1) is 5.92 Å². The Labute approximate surface area is 186 Å². The van der Waals surface area contributed by atoms with Crippen LogP contribution in [0.3, 0.4) is 0 Å². The highest BCUT2D eigenvalue weighted by Gasteiger charge is 2.31. The molecule has 2 aromatic rings. The smallest absolute Gasteiger partial charge is 0.223 e. The Bertz CT molecular complexity index is 954. The zero-order valence-electron chi connectivity index (χ0n) is 17.2. The van der Waals surface area contributed by atoms with Gasteiger partial charge in [-0.1, -0.05) is 40.2 Å². The van der Waals surface area contributed by atoms with Gasteiger partial charge in [0.2, 0.25) is 15.9 Å². The summed E-state index contributed by atoms with van der Waals surface area (Å²) in [7, 11) is -1.78. The monoisotopic (exact) mass is 494 g/mol. The van der Waals surface area contributed by atoms with Crippen LogP contribution >= 0.6 is 15.9 Å². The molecule has 2 aromatic carbocycles.